The van der Waals surface area contributed by atoms with E-state index in [9.17, 15) is 9.59 Å². The zero-order chi connectivity index (χ0) is 24.1. The van der Waals surface area contributed by atoms with E-state index in [1.54, 1.807) is 11.1 Å². The lowest BCUT2D eigenvalue weighted by Crippen LogP contribution is -2.35. The molecule has 1 fully saturated rings. The molecule has 34 heavy (non-hydrogen) atoms. The Kier molecular flexibility index (Phi) is 7.38. The molecule has 4 rings (SSSR count). The molecule has 176 valence electrons. The predicted octanol–water partition coefficient (Wildman–Crippen LogP) is 4.41. The fourth-order valence-corrected chi connectivity index (χ4v) is 4.32. The largest absolute Gasteiger partial charge is 0.345 e. The van der Waals surface area contributed by atoms with Crippen LogP contribution >= 0.6 is 0 Å². The van der Waals surface area contributed by atoms with Crippen molar-refractivity contribution in [2.75, 3.05) is 25.5 Å². The number of anilines is 1. The first kappa shape index (κ1) is 23.6. The van der Waals surface area contributed by atoms with E-state index in [1.807, 2.05) is 49.5 Å². The van der Waals surface area contributed by atoms with Gasteiger partial charge in [0.2, 0.25) is 11.8 Å². The quantitative estimate of drug-likeness (QED) is 0.527. The highest BCUT2D eigenvalue weighted by Gasteiger charge is 2.28. The number of carbonyl (C=O) groups is 2. The highest BCUT2D eigenvalue weighted by atomic mass is 16.2. The Hall–Kier alpha value is -3.51. The predicted molar refractivity (Wildman–Crippen MR) is 135 cm³/mol. The number of rotatable bonds is 8. The summed E-state index contributed by atoms with van der Waals surface area (Å²) in [5.74, 6) is 0.902. The van der Waals surface area contributed by atoms with Crippen LogP contribution in [0.15, 0.2) is 72.9 Å². The van der Waals surface area contributed by atoms with E-state index in [0.29, 0.717) is 25.3 Å². The van der Waals surface area contributed by atoms with Crippen molar-refractivity contribution in [2.45, 2.75) is 38.1 Å². The van der Waals surface area contributed by atoms with Crippen LogP contribution in [0.4, 0.5) is 5.82 Å². The first-order valence-corrected chi connectivity index (χ1v) is 11.8. The minimum absolute atomic E-state index is 0.150. The molecule has 0 aliphatic carbocycles. The highest BCUT2D eigenvalue weighted by Crippen LogP contribution is 2.27. The van der Waals surface area contributed by atoms with Gasteiger partial charge in [0.25, 0.3) is 0 Å². The molecule has 6 heteroatoms. The van der Waals surface area contributed by atoms with E-state index >= 15 is 0 Å². The number of hydrogen-bond acceptors (Lipinski definition) is 4. The molecule has 1 aliphatic heterocycles. The molecule has 1 aliphatic rings. The summed E-state index contributed by atoms with van der Waals surface area (Å²) in [6.45, 7) is 5.59. The Morgan fingerprint density at radius 2 is 1.79 bits per heavy atom. The van der Waals surface area contributed by atoms with Gasteiger partial charge in [-0.3, -0.25) is 9.59 Å². The maximum atomic E-state index is 13.3. The molecule has 0 spiro atoms. The lowest BCUT2D eigenvalue weighted by molar-refractivity contribution is -0.126. The molecule has 2 heterocycles. The molecule has 0 radical (unpaired) electrons. The summed E-state index contributed by atoms with van der Waals surface area (Å²) < 4.78 is 0. The van der Waals surface area contributed by atoms with Crippen LogP contribution in [0.3, 0.4) is 0 Å². The number of pyridine rings is 1. The number of nitrogens with zero attached hydrogens (tertiary/aromatic N) is 2. The average molecular weight is 457 g/mol. The van der Waals surface area contributed by atoms with E-state index in [2.05, 4.69) is 53.7 Å². The van der Waals surface area contributed by atoms with Crippen LogP contribution in [0, 0.1) is 6.92 Å². The third-order valence-corrected chi connectivity index (χ3v) is 6.52. The van der Waals surface area contributed by atoms with Gasteiger partial charge in [0.05, 0.1) is 0 Å². The van der Waals surface area contributed by atoms with Crippen LogP contribution in [0.5, 0.6) is 0 Å². The summed E-state index contributed by atoms with van der Waals surface area (Å²) in [5.41, 5.74) is 4.38. The Balaban J connectivity index is 1.43. The van der Waals surface area contributed by atoms with Gasteiger partial charge in [0.1, 0.15) is 11.9 Å². The fourth-order valence-electron chi connectivity index (χ4n) is 4.32. The third-order valence-electron chi connectivity index (χ3n) is 6.52. The average Bonchev–Trinajstić information content (AvgIpc) is 3.18. The van der Waals surface area contributed by atoms with Gasteiger partial charge in [-0.25, -0.2) is 4.98 Å². The monoisotopic (exact) mass is 456 g/mol. The molecule has 2 unspecified atom stereocenters. The molecule has 0 bridgehead atoms. The Morgan fingerprint density at radius 1 is 1.06 bits per heavy atom. The van der Waals surface area contributed by atoms with Gasteiger partial charge in [-0.1, -0.05) is 73.2 Å². The number of carbonyl (C=O) groups excluding carboxylic acids is 2. The maximum absolute atomic E-state index is 13.3. The topological polar surface area (TPSA) is 74.3 Å². The van der Waals surface area contributed by atoms with Crippen molar-refractivity contribution in [3.8, 4) is 0 Å². The standard InChI is InChI=1S/C28H32N4O2/c1-19-9-11-21(12-10-19)20(2)16-30-27(22-7-5-4-6-8-22)28(34)31-25-14-13-23(17-29-25)24-15-26(33)32(3)18-24/h4-14,17,20,24,27,30H,15-16,18H2,1-3H3,(H,29,31,34)/t20?,24?,27-/m1/s1. The lowest BCUT2D eigenvalue weighted by Gasteiger charge is -2.21. The molecule has 2 amide bonds. The summed E-state index contributed by atoms with van der Waals surface area (Å²) in [5, 5.41) is 6.41. The SMILES string of the molecule is Cc1ccc(C(C)CN[C@@H](C(=O)Nc2ccc(C3CC(=O)N(C)C3)cn2)c2ccccc2)cc1. The summed E-state index contributed by atoms with van der Waals surface area (Å²) in [7, 11) is 1.82. The van der Waals surface area contributed by atoms with Crippen LogP contribution in [0.25, 0.3) is 0 Å². The number of nitrogens with one attached hydrogen (secondary N) is 2. The molecule has 1 saturated heterocycles. The van der Waals surface area contributed by atoms with Gasteiger partial charge >= 0.3 is 0 Å². The third kappa shape index (κ3) is 5.69. The Bertz CT molecular complexity index is 1110. The van der Waals surface area contributed by atoms with Crippen molar-refractivity contribution in [1.82, 2.24) is 15.2 Å². The number of aromatic nitrogens is 1. The summed E-state index contributed by atoms with van der Waals surface area (Å²) in [4.78, 5) is 31.3. The molecule has 0 saturated carbocycles. The number of benzene rings is 2. The first-order chi connectivity index (χ1) is 16.4. The highest BCUT2D eigenvalue weighted by molar-refractivity contribution is 5.94. The van der Waals surface area contributed by atoms with Crippen LogP contribution in [0.2, 0.25) is 0 Å². The number of likely N-dealkylation sites (tertiary alicyclic amines) is 1. The van der Waals surface area contributed by atoms with Crippen molar-refractivity contribution < 1.29 is 9.59 Å². The van der Waals surface area contributed by atoms with E-state index < -0.39 is 6.04 Å². The normalized spacial score (nSPS) is 17.4. The van der Waals surface area contributed by atoms with E-state index in [-0.39, 0.29) is 23.7 Å². The number of likely N-dealkylation sites (N-methyl/N-ethyl adjacent to an activating group) is 1. The van der Waals surface area contributed by atoms with Gasteiger partial charge < -0.3 is 15.5 Å². The number of hydrogen-bond donors (Lipinski definition) is 2. The van der Waals surface area contributed by atoms with E-state index in [1.165, 1.54) is 11.1 Å². The smallest absolute Gasteiger partial charge is 0.247 e. The summed E-state index contributed by atoms with van der Waals surface area (Å²) in [6.07, 6.45) is 2.26. The summed E-state index contributed by atoms with van der Waals surface area (Å²) >= 11 is 0. The van der Waals surface area contributed by atoms with Gasteiger partial charge in [-0.05, 0) is 35.6 Å². The van der Waals surface area contributed by atoms with Crippen molar-refractivity contribution in [2.24, 2.45) is 0 Å². The van der Waals surface area contributed by atoms with Gasteiger partial charge in [0.15, 0.2) is 0 Å². The van der Waals surface area contributed by atoms with E-state index in [4.69, 9.17) is 0 Å². The molecular formula is C28H32N4O2. The minimum atomic E-state index is -0.503. The van der Waals surface area contributed by atoms with Crippen LogP contribution in [0.1, 0.15) is 53.5 Å². The zero-order valence-corrected chi connectivity index (χ0v) is 20.0. The van der Waals surface area contributed by atoms with Gasteiger partial charge in [0, 0.05) is 38.7 Å². The molecule has 1 aromatic heterocycles. The van der Waals surface area contributed by atoms with Crippen molar-refractivity contribution in [3.05, 3.63) is 95.2 Å². The van der Waals surface area contributed by atoms with Gasteiger partial charge in [-0.15, -0.1) is 0 Å². The second kappa shape index (κ2) is 10.6. The molecule has 2 N–H and O–H groups in total. The summed E-state index contributed by atoms with van der Waals surface area (Å²) in [6, 6.07) is 21.5. The lowest BCUT2D eigenvalue weighted by atomic mass is 9.98. The molecule has 6 nitrogen and oxygen atoms in total. The number of amides is 2. The second-order valence-electron chi connectivity index (χ2n) is 9.21. The minimum Gasteiger partial charge on any atom is -0.345 e. The van der Waals surface area contributed by atoms with E-state index in [0.717, 1.165) is 11.1 Å². The molecule has 2 aromatic carbocycles. The van der Waals surface area contributed by atoms with Crippen molar-refractivity contribution in [1.29, 1.82) is 0 Å². The van der Waals surface area contributed by atoms with Crippen molar-refractivity contribution in [3.63, 3.8) is 0 Å². The Labute approximate surface area is 201 Å². The van der Waals surface area contributed by atoms with Crippen LogP contribution < -0.4 is 10.6 Å². The zero-order valence-electron chi connectivity index (χ0n) is 20.0. The molecule has 3 atom stereocenters. The van der Waals surface area contributed by atoms with Gasteiger partial charge in [-0.2, -0.15) is 0 Å². The fraction of sp³-hybridized carbons (Fsp3) is 0.321. The molecule has 3 aromatic rings. The number of aryl methyl sites for hydroxylation is 1. The molecular weight excluding hydrogens is 424 g/mol. The first-order valence-electron chi connectivity index (χ1n) is 11.8. The maximum Gasteiger partial charge on any atom is 0.247 e. The Morgan fingerprint density at radius 3 is 2.41 bits per heavy atom. The van der Waals surface area contributed by atoms with Crippen LogP contribution in [-0.4, -0.2) is 41.8 Å². The van der Waals surface area contributed by atoms with Crippen molar-refractivity contribution >= 4 is 17.6 Å². The second-order valence-corrected chi connectivity index (χ2v) is 9.21. The van der Waals surface area contributed by atoms with Crippen LogP contribution in [-0.2, 0) is 9.59 Å².